The Morgan fingerprint density at radius 3 is 2.32 bits per heavy atom. The van der Waals surface area contributed by atoms with E-state index in [1.807, 2.05) is 0 Å². The van der Waals surface area contributed by atoms with Crippen molar-refractivity contribution in [1.82, 2.24) is 0 Å². The summed E-state index contributed by atoms with van der Waals surface area (Å²) >= 11 is 6.02. The first-order chi connectivity index (χ1) is 13.3. The first kappa shape index (κ1) is 19.8. The molecular formula is C19H13ClF2N2O3S. The number of hydrogen-bond acceptors (Lipinski definition) is 3. The number of rotatable bonds is 5. The van der Waals surface area contributed by atoms with Crippen molar-refractivity contribution in [2.75, 3.05) is 10.0 Å². The van der Waals surface area contributed by atoms with E-state index in [9.17, 15) is 22.0 Å². The van der Waals surface area contributed by atoms with Gasteiger partial charge in [0.2, 0.25) is 0 Å². The molecule has 2 N–H and O–H groups in total. The zero-order chi connectivity index (χ0) is 20.3. The number of halogens is 3. The topological polar surface area (TPSA) is 75.3 Å². The maximum Gasteiger partial charge on any atom is 0.261 e. The Hall–Kier alpha value is -2.97. The number of benzene rings is 3. The van der Waals surface area contributed by atoms with Crippen LogP contribution in [0, 0.1) is 11.6 Å². The number of nitrogens with one attached hydrogen (secondary N) is 2. The zero-order valence-corrected chi connectivity index (χ0v) is 15.7. The van der Waals surface area contributed by atoms with Crippen molar-refractivity contribution >= 4 is 38.9 Å². The Bertz CT molecular complexity index is 1140. The van der Waals surface area contributed by atoms with Gasteiger partial charge in [-0.25, -0.2) is 17.2 Å². The summed E-state index contributed by atoms with van der Waals surface area (Å²) in [6.07, 6.45) is 0. The zero-order valence-electron chi connectivity index (χ0n) is 14.1. The van der Waals surface area contributed by atoms with E-state index in [4.69, 9.17) is 11.6 Å². The Kier molecular flexibility index (Phi) is 5.62. The van der Waals surface area contributed by atoms with Crippen LogP contribution in [0.4, 0.5) is 20.2 Å². The molecule has 0 saturated carbocycles. The van der Waals surface area contributed by atoms with Crippen LogP contribution >= 0.6 is 11.6 Å². The number of hydrogen-bond donors (Lipinski definition) is 2. The quantitative estimate of drug-likeness (QED) is 0.627. The highest BCUT2D eigenvalue weighted by atomic mass is 35.5. The molecule has 0 saturated heterocycles. The molecule has 0 fully saturated rings. The van der Waals surface area contributed by atoms with Crippen LogP contribution < -0.4 is 10.0 Å². The maximum absolute atomic E-state index is 13.7. The highest BCUT2D eigenvalue weighted by Crippen LogP contribution is 2.25. The molecule has 0 aliphatic heterocycles. The standard InChI is InChI=1S/C19H13ClF2N2O3S/c20-16-8-7-13(24-28(26,27)14-4-2-1-3-5-14)11-15(16)19(25)23-18-9-6-12(21)10-17(18)22/h1-11,24H,(H,23,25). The number of amides is 1. The van der Waals surface area contributed by atoms with Crippen LogP contribution in [0.15, 0.2) is 71.6 Å². The molecule has 0 spiro atoms. The third-order valence-corrected chi connectivity index (χ3v) is 5.42. The average Bonchev–Trinajstić information content (AvgIpc) is 2.66. The molecule has 3 aromatic carbocycles. The van der Waals surface area contributed by atoms with Crippen LogP contribution in [-0.4, -0.2) is 14.3 Å². The second-order valence-corrected chi connectivity index (χ2v) is 7.78. The molecule has 0 unspecified atom stereocenters. The van der Waals surface area contributed by atoms with Gasteiger partial charge in [0.25, 0.3) is 15.9 Å². The number of carbonyl (C=O) groups is 1. The number of anilines is 2. The van der Waals surface area contributed by atoms with Gasteiger partial charge in [-0.1, -0.05) is 29.8 Å². The lowest BCUT2D eigenvalue weighted by atomic mass is 10.2. The summed E-state index contributed by atoms with van der Waals surface area (Å²) in [4.78, 5) is 12.5. The minimum Gasteiger partial charge on any atom is -0.319 e. The van der Waals surface area contributed by atoms with Crippen LogP contribution in [0.25, 0.3) is 0 Å². The van der Waals surface area contributed by atoms with Crippen molar-refractivity contribution in [3.63, 3.8) is 0 Å². The summed E-state index contributed by atoms with van der Waals surface area (Å²) < 4.78 is 53.9. The molecule has 0 heterocycles. The first-order valence-corrected chi connectivity index (χ1v) is 9.76. The third kappa shape index (κ3) is 4.47. The average molecular weight is 423 g/mol. The highest BCUT2D eigenvalue weighted by molar-refractivity contribution is 7.92. The molecule has 144 valence electrons. The smallest absolute Gasteiger partial charge is 0.261 e. The van der Waals surface area contributed by atoms with Gasteiger partial charge >= 0.3 is 0 Å². The number of sulfonamides is 1. The van der Waals surface area contributed by atoms with Crippen molar-refractivity contribution in [3.05, 3.63) is 89.0 Å². The molecule has 0 aromatic heterocycles. The van der Waals surface area contributed by atoms with Crippen LogP contribution in [0.5, 0.6) is 0 Å². The van der Waals surface area contributed by atoms with Gasteiger partial charge in [-0.05, 0) is 42.5 Å². The molecule has 3 aromatic rings. The fourth-order valence-electron chi connectivity index (χ4n) is 2.36. The summed E-state index contributed by atoms with van der Waals surface area (Å²) in [7, 11) is -3.87. The molecule has 9 heteroatoms. The lowest BCUT2D eigenvalue weighted by Crippen LogP contribution is -2.16. The van der Waals surface area contributed by atoms with Gasteiger partial charge in [-0.15, -0.1) is 0 Å². The molecular weight excluding hydrogens is 410 g/mol. The second kappa shape index (κ2) is 7.95. The summed E-state index contributed by atoms with van der Waals surface area (Å²) in [5, 5.41) is 2.30. The van der Waals surface area contributed by atoms with Crippen LogP contribution in [0.3, 0.4) is 0 Å². The molecule has 28 heavy (non-hydrogen) atoms. The molecule has 1 amide bonds. The van der Waals surface area contributed by atoms with E-state index in [1.165, 1.54) is 30.3 Å². The SMILES string of the molecule is O=C(Nc1ccc(F)cc1F)c1cc(NS(=O)(=O)c2ccccc2)ccc1Cl. The highest BCUT2D eigenvalue weighted by Gasteiger charge is 2.17. The third-order valence-electron chi connectivity index (χ3n) is 3.70. The van der Waals surface area contributed by atoms with Gasteiger partial charge < -0.3 is 5.32 Å². The summed E-state index contributed by atoms with van der Waals surface area (Å²) in [6.45, 7) is 0. The predicted molar refractivity (Wildman–Crippen MR) is 103 cm³/mol. The van der Waals surface area contributed by atoms with Gasteiger partial charge in [-0.3, -0.25) is 9.52 Å². The van der Waals surface area contributed by atoms with Gasteiger partial charge in [-0.2, -0.15) is 0 Å². The first-order valence-electron chi connectivity index (χ1n) is 7.90. The van der Waals surface area contributed by atoms with Crippen molar-refractivity contribution in [1.29, 1.82) is 0 Å². The van der Waals surface area contributed by atoms with E-state index in [1.54, 1.807) is 18.2 Å². The van der Waals surface area contributed by atoms with Gasteiger partial charge in [0.15, 0.2) is 0 Å². The Morgan fingerprint density at radius 2 is 1.64 bits per heavy atom. The lowest BCUT2D eigenvalue weighted by molar-refractivity contribution is 0.102. The second-order valence-electron chi connectivity index (χ2n) is 5.69. The molecule has 0 bridgehead atoms. The fourth-order valence-corrected chi connectivity index (χ4v) is 3.63. The Labute approximate surface area is 165 Å². The van der Waals surface area contributed by atoms with Gasteiger partial charge in [0, 0.05) is 11.8 Å². The summed E-state index contributed by atoms with van der Waals surface area (Å²) in [6, 6.07) is 14.3. The Morgan fingerprint density at radius 1 is 0.929 bits per heavy atom. The van der Waals surface area contributed by atoms with Crippen molar-refractivity contribution in [2.45, 2.75) is 4.90 Å². The van der Waals surface area contributed by atoms with E-state index in [2.05, 4.69) is 10.0 Å². The molecule has 0 aliphatic rings. The summed E-state index contributed by atoms with van der Waals surface area (Å²) in [5.74, 6) is -2.52. The van der Waals surface area contributed by atoms with E-state index in [0.717, 1.165) is 12.1 Å². The van der Waals surface area contributed by atoms with E-state index in [0.29, 0.717) is 6.07 Å². The van der Waals surface area contributed by atoms with Crippen molar-refractivity contribution in [3.8, 4) is 0 Å². The molecule has 5 nitrogen and oxygen atoms in total. The number of carbonyl (C=O) groups excluding carboxylic acids is 1. The minimum atomic E-state index is -3.87. The normalized spacial score (nSPS) is 11.1. The summed E-state index contributed by atoms with van der Waals surface area (Å²) in [5.41, 5.74) is -0.227. The molecule has 0 atom stereocenters. The van der Waals surface area contributed by atoms with E-state index in [-0.39, 0.29) is 26.9 Å². The van der Waals surface area contributed by atoms with Crippen LogP contribution in [0.1, 0.15) is 10.4 Å². The molecule has 0 aliphatic carbocycles. The molecule has 0 radical (unpaired) electrons. The predicted octanol–water partition coefficient (Wildman–Crippen LogP) is 4.67. The fraction of sp³-hybridized carbons (Fsp3) is 0. The van der Waals surface area contributed by atoms with Gasteiger partial charge in [0.1, 0.15) is 11.6 Å². The Balaban J connectivity index is 1.86. The van der Waals surface area contributed by atoms with Gasteiger partial charge in [0.05, 0.1) is 21.2 Å². The van der Waals surface area contributed by atoms with E-state index >= 15 is 0 Å². The monoisotopic (exact) mass is 422 g/mol. The van der Waals surface area contributed by atoms with Crippen LogP contribution in [0.2, 0.25) is 5.02 Å². The lowest BCUT2D eigenvalue weighted by Gasteiger charge is -2.11. The van der Waals surface area contributed by atoms with Crippen LogP contribution in [-0.2, 0) is 10.0 Å². The van der Waals surface area contributed by atoms with E-state index < -0.39 is 27.6 Å². The largest absolute Gasteiger partial charge is 0.319 e. The maximum atomic E-state index is 13.7. The molecule has 3 rings (SSSR count). The van der Waals surface area contributed by atoms with Crippen molar-refractivity contribution in [2.24, 2.45) is 0 Å². The van der Waals surface area contributed by atoms with Crippen molar-refractivity contribution < 1.29 is 22.0 Å². The minimum absolute atomic E-state index is 0.0303.